The summed E-state index contributed by atoms with van der Waals surface area (Å²) >= 11 is 0. The minimum atomic E-state index is -1.42. The molecule has 48 heavy (non-hydrogen) atoms. The van der Waals surface area contributed by atoms with Crippen molar-refractivity contribution in [2.75, 3.05) is 62.7 Å². The summed E-state index contributed by atoms with van der Waals surface area (Å²) < 4.78 is 26.6. The Labute approximate surface area is 278 Å². The third-order valence-corrected chi connectivity index (χ3v) is 9.77. The standard InChI is InChI=1S/C35H39FN8O4/c36-30-19-44(34(46)24-2-1-3-29(45)17-24)11-10-32(30)48-31-9-4-23(16-25(31)18-37)33-38-22-39-35(41-33)40-26-5-7-27(8-6-26)42-12-14-43(15-13-42)28-20-47-21-28/h4-9,16,22,24,28,30,32H,1-3,10-15,17,19-21H2,(H,38,39,40,41)/t24?,30-,32+/m1/s1. The van der Waals surface area contributed by atoms with Gasteiger partial charge in [-0.1, -0.05) is 0 Å². The largest absolute Gasteiger partial charge is 0.486 e. The molecule has 4 fully saturated rings. The van der Waals surface area contributed by atoms with E-state index in [2.05, 4.69) is 48.3 Å². The van der Waals surface area contributed by atoms with Crippen molar-refractivity contribution < 1.29 is 23.5 Å². The molecule has 3 aromatic rings. The maximum atomic E-state index is 15.3. The van der Waals surface area contributed by atoms with Crippen LogP contribution in [-0.4, -0.2) is 107 Å². The van der Waals surface area contributed by atoms with Crippen molar-refractivity contribution in [3.63, 3.8) is 0 Å². The van der Waals surface area contributed by atoms with Gasteiger partial charge in [-0.2, -0.15) is 10.2 Å². The van der Waals surface area contributed by atoms with Crippen LogP contribution in [0.15, 0.2) is 48.8 Å². The van der Waals surface area contributed by atoms with Gasteiger partial charge in [0.15, 0.2) is 12.0 Å². The first-order valence-corrected chi connectivity index (χ1v) is 16.7. The number of ketones is 1. The number of rotatable bonds is 8. The number of carbonyl (C=O) groups is 2. The molecule has 250 valence electrons. The van der Waals surface area contributed by atoms with E-state index in [0.29, 0.717) is 49.2 Å². The van der Waals surface area contributed by atoms with Crippen molar-refractivity contribution >= 4 is 29.0 Å². The van der Waals surface area contributed by atoms with Crippen LogP contribution in [0.1, 0.15) is 37.7 Å². The molecule has 2 aromatic carbocycles. The van der Waals surface area contributed by atoms with E-state index in [-0.39, 0.29) is 48.3 Å². The number of amides is 1. The maximum absolute atomic E-state index is 15.3. The highest BCUT2D eigenvalue weighted by Crippen LogP contribution is 2.30. The molecule has 1 unspecified atom stereocenters. The fraction of sp³-hybridized carbons (Fsp3) is 0.486. The Hall–Kier alpha value is -4.67. The summed E-state index contributed by atoms with van der Waals surface area (Å²) in [4.78, 5) is 44.3. The van der Waals surface area contributed by atoms with Crippen LogP contribution in [0.4, 0.5) is 21.7 Å². The number of piperidine rings is 1. The van der Waals surface area contributed by atoms with Crippen molar-refractivity contribution in [3.8, 4) is 23.2 Å². The lowest BCUT2D eigenvalue weighted by Crippen LogP contribution is -2.56. The topological polar surface area (TPSA) is 137 Å². The molecule has 0 bridgehead atoms. The Balaban J connectivity index is 0.952. The van der Waals surface area contributed by atoms with Crippen LogP contribution in [0.2, 0.25) is 0 Å². The van der Waals surface area contributed by atoms with E-state index >= 15 is 4.39 Å². The zero-order valence-electron chi connectivity index (χ0n) is 26.8. The number of nitrogens with one attached hydrogen (secondary N) is 1. The average Bonchev–Trinajstić information content (AvgIpc) is 3.09. The summed E-state index contributed by atoms with van der Waals surface area (Å²) in [6.07, 6.45) is 1.60. The van der Waals surface area contributed by atoms with Gasteiger partial charge in [-0.05, 0) is 55.3 Å². The summed E-state index contributed by atoms with van der Waals surface area (Å²) in [5.41, 5.74) is 2.82. The first-order chi connectivity index (χ1) is 23.4. The van der Waals surface area contributed by atoms with Gasteiger partial charge in [-0.15, -0.1) is 0 Å². The van der Waals surface area contributed by atoms with Gasteiger partial charge in [-0.25, -0.2) is 14.4 Å². The average molecular weight is 655 g/mol. The van der Waals surface area contributed by atoms with Crippen molar-refractivity contribution in [1.29, 1.82) is 5.26 Å². The predicted octanol–water partition coefficient (Wildman–Crippen LogP) is 3.75. The van der Waals surface area contributed by atoms with Crippen molar-refractivity contribution in [2.24, 2.45) is 5.92 Å². The normalized spacial score (nSPS) is 23.7. The van der Waals surface area contributed by atoms with Gasteiger partial charge in [0.1, 0.15) is 30.0 Å². The number of nitrogens with zero attached hydrogens (tertiary/aromatic N) is 7. The Morgan fingerprint density at radius 1 is 1.04 bits per heavy atom. The number of aromatic nitrogens is 3. The Bertz CT molecular complexity index is 1670. The number of hydrogen-bond acceptors (Lipinski definition) is 11. The van der Waals surface area contributed by atoms with Crippen LogP contribution in [0.3, 0.4) is 0 Å². The molecule has 7 rings (SSSR count). The summed E-state index contributed by atoms with van der Waals surface area (Å²) in [6, 6.07) is 15.9. The van der Waals surface area contributed by atoms with Gasteiger partial charge < -0.3 is 24.6 Å². The highest BCUT2D eigenvalue weighted by molar-refractivity contribution is 5.88. The van der Waals surface area contributed by atoms with Crippen molar-refractivity contribution in [2.45, 2.75) is 50.4 Å². The highest BCUT2D eigenvalue weighted by atomic mass is 19.1. The van der Waals surface area contributed by atoms with E-state index in [4.69, 9.17) is 9.47 Å². The van der Waals surface area contributed by atoms with E-state index < -0.39 is 12.3 Å². The second kappa shape index (κ2) is 14.2. The fourth-order valence-electron chi connectivity index (χ4n) is 6.89. The van der Waals surface area contributed by atoms with Gasteiger partial charge in [0.2, 0.25) is 11.9 Å². The molecule has 1 saturated carbocycles. The van der Waals surface area contributed by atoms with Crippen LogP contribution < -0.4 is 15.0 Å². The number of carbonyl (C=O) groups excluding carboxylic acids is 2. The molecule has 3 saturated heterocycles. The van der Waals surface area contributed by atoms with Gasteiger partial charge in [0, 0.05) is 74.8 Å². The number of likely N-dealkylation sites (tertiary alicyclic amines) is 1. The van der Waals surface area contributed by atoms with Crippen LogP contribution >= 0.6 is 0 Å². The summed E-state index contributed by atoms with van der Waals surface area (Å²) in [6.45, 7) is 5.96. The molecule has 1 aliphatic carbocycles. The minimum Gasteiger partial charge on any atom is -0.486 e. The second-order valence-electron chi connectivity index (χ2n) is 12.9. The fourth-order valence-corrected chi connectivity index (χ4v) is 6.89. The number of nitriles is 1. The number of halogens is 1. The van der Waals surface area contributed by atoms with Crippen LogP contribution in [-0.2, 0) is 14.3 Å². The molecule has 1 N–H and O–H groups in total. The van der Waals surface area contributed by atoms with Crippen LogP contribution in [0, 0.1) is 17.2 Å². The Kier molecular flexibility index (Phi) is 9.45. The summed E-state index contributed by atoms with van der Waals surface area (Å²) in [5.74, 6) is 0.582. The first-order valence-electron chi connectivity index (χ1n) is 16.7. The molecule has 0 spiro atoms. The van der Waals surface area contributed by atoms with E-state index in [1.165, 1.54) is 16.9 Å². The molecule has 1 amide bonds. The quantitative estimate of drug-likeness (QED) is 0.380. The van der Waals surface area contributed by atoms with E-state index in [9.17, 15) is 14.9 Å². The van der Waals surface area contributed by atoms with E-state index in [0.717, 1.165) is 45.1 Å². The monoisotopic (exact) mass is 654 g/mol. The molecule has 1 aromatic heterocycles. The Morgan fingerprint density at radius 2 is 1.85 bits per heavy atom. The summed E-state index contributed by atoms with van der Waals surface area (Å²) in [5, 5.41) is 13.1. The van der Waals surface area contributed by atoms with Gasteiger partial charge in [0.05, 0.1) is 31.4 Å². The minimum absolute atomic E-state index is 0.0922. The van der Waals surface area contributed by atoms with Crippen LogP contribution in [0.25, 0.3) is 11.4 Å². The molecule has 3 aliphatic heterocycles. The first kappa shape index (κ1) is 31.9. The van der Waals surface area contributed by atoms with Crippen molar-refractivity contribution in [3.05, 3.63) is 54.4 Å². The van der Waals surface area contributed by atoms with Gasteiger partial charge in [-0.3, -0.25) is 14.5 Å². The number of benzene rings is 2. The smallest absolute Gasteiger partial charge is 0.230 e. The number of ether oxygens (including phenoxy) is 2. The lowest BCUT2D eigenvalue weighted by atomic mass is 9.87. The maximum Gasteiger partial charge on any atom is 0.230 e. The molecule has 0 radical (unpaired) electrons. The highest BCUT2D eigenvalue weighted by Gasteiger charge is 2.37. The SMILES string of the molecule is N#Cc1cc(-c2ncnc(Nc3ccc(N4CCN(C5COC5)CC4)cc3)n2)ccc1O[C@H]1CCN(C(=O)C2CCCC(=O)C2)C[C@H]1F. The Morgan fingerprint density at radius 3 is 2.56 bits per heavy atom. The summed E-state index contributed by atoms with van der Waals surface area (Å²) in [7, 11) is 0. The third kappa shape index (κ3) is 7.10. The molecule has 4 heterocycles. The number of hydrogen-bond donors (Lipinski definition) is 1. The molecular weight excluding hydrogens is 615 g/mol. The van der Waals surface area contributed by atoms with Crippen molar-refractivity contribution in [1.82, 2.24) is 24.8 Å². The number of Topliss-reactive ketones (excluding diaryl/α,β-unsaturated/α-hetero) is 1. The lowest BCUT2D eigenvalue weighted by molar-refractivity contribution is -0.143. The van der Waals surface area contributed by atoms with Gasteiger partial charge >= 0.3 is 0 Å². The van der Waals surface area contributed by atoms with E-state index in [1.54, 1.807) is 18.2 Å². The van der Waals surface area contributed by atoms with E-state index in [1.807, 2.05) is 12.1 Å². The molecule has 13 heteroatoms. The van der Waals surface area contributed by atoms with Crippen LogP contribution in [0.5, 0.6) is 5.75 Å². The molecule has 4 aliphatic rings. The third-order valence-electron chi connectivity index (χ3n) is 9.77. The number of piperazine rings is 1. The molecular formula is C35H39FN8O4. The zero-order valence-corrected chi connectivity index (χ0v) is 26.8. The zero-order chi connectivity index (χ0) is 33.0. The number of anilines is 3. The lowest BCUT2D eigenvalue weighted by Gasteiger charge is -2.43. The number of alkyl halides is 1. The predicted molar refractivity (Wildman–Crippen MR) is 176 cm³/mol. The second-order valence-corrected chi connectivity index (χ2v) is 12.9. The van der Waals surface area contributed by atoms with Gasteiger partial charge in [0.25, 0.3) is 0 Å². The molecule has 3 atom stereocenters. The molecule has 12 nitrogen and oxygen atoms in total.